The van der Waals surface area contributed by atoms with E-state index in [9.17, 15) is 9.79 Å². The minimum atomic E-state index is -1.69. The maximum absolute atomic E-state index is 9.81. The van der Waals surface area contributed by atoms with Gasteiger partial charge in [0.15, 0.2) is 0 Å². The minimum absolute atomic E-state index is 0.553. The molecule has 0 fully saturated rings. The zero-order chi connectivity index (χ0) is 35.8. The Kier molecular flexibility index (Phi) is 46.3. The third-order valence-electron chi connectivity index (χ3n) is 9.33. The molecule has 2 atom stereocenters. The number of unbranched alkanes of at least 4 members (excludes halogenated alkanes) is 20. The lowest BCUT2D eigenvalue weighted by atomic mass is 10.0. The summed E-state index contributed by atoms with van der Waals surface area (Å²) in [5.41, 5.74) is 0. The summed E-state index contributed by atoms with van der Waals surface area (Å²) in [5, 5.41) is 0. The average Bonchev–Trinajstić information content (AvgIpc) is 3.10. The van der Waals surface area contributed by atoms with Crippen molar-refractivity contribution in [2.24, 2.45) is 11.8 Å². The Morgan fingerprint density at radius 2 is 0.625 bits per heavy atom. The first-order valence-corrected chi connectivity index (χ1v) is 23.2. The molecule has 0 rings (SSSR count). The van der Waals surface area contributed by atoms with Crippen LogP contribution in [0.25, 0.3) is 0 Å². The highest BCUT2D eigenvalue weighted by Crippen LogP contribution is 2.36. The van der Waals surface area contributed by atoms with Crippen molar-refractivity contribution < 1.29 is 27.9 Å². The third-order valence-corrected chi connectivity index (χ3v) is 10.9. The van der Waals surface area contributed by atoms with Gasteiger partial charge >= 0.3 is 17.2 Å². The van der Waals surface area contributed by atoms with E-state index in [0.29, 0.717) is 38.3 Å². The molecule has 0 amide bonds. The molecule has 0 aromatic heterocycles. The summed E-state index contributed by atoms with van der Waals surface area (Å²) in [6, 6.07) is 0. The average molecular weight is 725 g/mol. The molecule has 0 aliphatic carbocycles. The molecular weight excluding hydrogens is 638 g/mol. The Balaban J connectivity index is 0. The molecular formula is C40H86O6P2. The third kappa shape index (κ3) is 41.0. The van der Waals surface area contributed by atoms with Gasteiger partial charge in [-0.2, -0.15) is 0 Å². The van der Waals surface area contributed by atoms with E-state index in [4.69, 9.17) is 18.1 Å². The summed E-state index contributed by atoms with van der Waals surface area (Å²) in [6.45, 7) is 15.8. The maximum Gasteiger partial charge on any atom is 0.329 e. The van der Waals surface area contributed by atoms with Crippen LogP contribution in [0.5, 0.6) is 0 Å². The van der Waals surface area contributed by atoms with Crippen molar-refractivity contribution in [2.45, 2.75) is 221 Å². The highest BCUT2D eigenvalue weighted by atomic mass is 31.2. The Hall–Kier alpha value is 0.620. The second-order valence-electron chi connectivity index (χ2n) is 13.9. The number of rotatable bonds is 38. The fraction of sp³-hybridized carbons (Fsp3) is 1.00. The molecule has 0 aliphatic rings. The molecule has 6 nitrogen and oxygen atoms in total. The van der Waals surface area contributed by atoms with Gasteiger partial charge in [0.2, 0.25) is 0 Å². The van der Waals surface area contributed by atoms with Gasteiger partial charge in [-0.15, -0.1) is 0 Å². The van der Waals surface area contributed by atoms with E-state index in [0.717, 1.165) is 25.7 Å². The fourth-order valence-corrected chi connectivity index (χ4v) is 7.07. The summed E-state index contributed by atoms with van der Waals surface area (Å²) in [5.74, 6) is 1.11. The van der Waals surface area contributed by atoms with E-state index >= 15 is 0 Å². The van der Waals surface area contributed by atoms with E-state index < -0.39 is 17.2 Å². The molecule has 0 aromatic rings. The highest BCUT2D eigenvalue weighted by molar-refractivity contribution is 7.40. The topological polar surface area (TPSA) is 77.4 Å². The first-order chi connectivity index (χ1) is 23.5. The molecule has 0 heterocycles. The summed E-state index contributed by atoms with van der Waals surface area (Å²) < 4.78 is 21.8. The summed E-state index contributed by atoms with van der Waals surface area (Å²) in [7, 11) is -3.34. The lowest BCUT2D eigenvalue weighted by molar-refractivity contribution is 0.148. The van der Waals surface area contributed by atoms with Crippen molar-refractivity contribution in [1.82, 2.24) is 0 Å². The van der Waals surface area contributed by atoms with Crippen LogP contribution in [-0.2, 0) is 18.1 Å². The molecule has 0 bridgehead atoms. The van der Waals surface area contributed by atoms with E-state index in [1.54, 1.807) is 0 Å². The first kappa shape index (κ1) is 50.7. The SMILES string of the molecule is CCCCC(CC)COP(O)OCC(CC)CCCC.CCCCCCCCCCCCOP(O)OCCCCCCCCCCCC. The van der Waals surface area contributed by atoms with Crippen molar-refractivity contribution in [3.63, 3.8) is 0 Å². The summed E-state index contributed by atoms with van der Waals surface area (Å²) in [4.78, 5) is 19.6. The van der Waals surface area contributed by atoms with Crippen LogP contribution in [0, 0.1) is 11.8 Å². The summed E-state index contributed by atoms with van der Waals surface area (Å²) in [6.07, 6.45) is 35.9. The van der Waals surface area contributed by atoms with Gasteiger partial charge in [-0.3, -0.25) is 0 Å². The molecule has 0 aliphatic heterocycles. The van der Waals surface area contributed by atoms with Gasteiger partial charge in [-0.05, 0) is 37.5 Å². The van der Waals surface area contributed by atoms with Gasteiger partial charge in [-0.1, -0.05) is 196 Å². The molecule has 48 heavy (non-hydrogen) atoms. The zero-order valence-electron chi connectivity index (χ0n) is 33.2. The first-order valence-electron chi connectivity index (χ1n) is 21.0. The molecule has 0 aromatic carbocycles. The lowest BCUT2D eigenvalue weighted by Crippen LogP contribution is -2.10. The monoisotopic (exact) mass is 725 g/mol. The van der Waals surface area contributed by atoms with Crippen molar-refractivity contribution in [2.75, 3.05) is 26.4 Å². The van der Waals surface area contributed by atoms with Crippen molar-refractivity contribution in [3.05, 3.63) is 0 Å². The molecule has 8 heteroatoms. The normalized spacial score (nSPS) is 13.4. The molecule has 0 radical (unpaired) electrons. The van der Waals surface area contributed by atoms with Gasteiger partial charge in [0.25, 0.3) is 0 Å². The van der Waals surface area contributed by atoms with Crippen LogP contribution >= 0.6 is 17.2 Å². The summed E-state index contributed by atoms with van der Waals surface area (Å²) >= 11 is 0. The van der Waals surface area contributed by atoms with Crippen LogP contribution in [0.15, 0.2) is 0 Å². The van der Waals surface area contributed by atoms with E-state index in [-0.39, 0.29) is 0 Å². The quantitative estimate of drug-likeness (QED) is 0.0488. The second kappa shape index (κ2) is 43.8. The van der Waals surface area contributed by atoms with E-state index in [1.807, 2.05) is 0 Å². The van der Waals surface area contributed by atoms with Crippen molar-refractivity contribution in [1.29, 1.82) is 0 Å². The predicted octanol–water partition coefficient (Wildman–Crippen LogP) is 14.8. The van der Waals surface area contributed by atoms with Crippen LogP contribution in [0.3, 0.4) is 0 Å². The molecule has 0 saturated heterocycles. The van der Waals surface area contributed by atoms with Crippen LogP contribution in [0.4, 0.5) is 0 Å². The van der Waals surface area contributed by atoms with Crippen molar-refractivity contribution >= 4 is 17.2 Å². The van der Waals surface area contributed by atoms with Gasteiger partial charge in [0, 0.05) is 0 Å². The van der Waals surface area contributed by atoms with E-state index in [2.05, 4.69) is 41.5 Å². The molecule has 0 spiro atoms. The predicted molar refractivity (Wildman–Crippen MR) is 212 cm³/mol. The number of hydrogen-bond donors (Lipinski definition) is 2. The highest BCUT2D eigenvalue weighted by Gasteiger charge is 2.15. The lowest BCUT2D eigenvalue weighted by Gasteiger charge is -2.19. The second-order valence-corrected chi connectivity index (χ2v) is 15.9. The Labute approximate surface area is 304 Å². The van der Waals surface area contributed by atoms with Crippen molar-refractivity contribution in [3.8, 4) is 0 Å². The zero-order valence-corrected chi connectivity index (χ0v) is 35.0. The Morgan fingerprint density at radius 3 is 0.917 bits per heavy atom. The van der Waals surface area contributed by atoms with Gasteiger partial charge in [0.05, 0.1) is 26.4 Å². The molecule has 2 N–H and O–H groups in total. The van der Waals surface area contributed by atoms with Crippen LogP contribution in [-0.4, -0.2) is 36.2 Å². The molecule has 292 valence electrons. The van der Waals surface area contributed by atoms with Crippen LogP contribution in [0.1, 0.15) is 221 Å². The van der Waals surface area contributed by atoms with Gasteiger partial charge in [-0.25, -0.2) is 0 Å². The molecule has 0 saturated carbocycles. The Morgan fingerprint density at radius 1 is 0.354 bits per heavy atom. The van der Waals surface area contributed by atoms with Gasteiger partial charge in [0.1, 0.15) is 0 Å². The fourth-order valence-electron chi connectivity index (χ4n) is 5.67. The maximum atomic E-state index is 9.81. The largest absolute Gasteiger partial charge is 0.329 e. The smallest absolute Gasteiger partial charge is 0.328 e. The Bertz CT molecular complexity index is 528. The minimum Gasteiger partial charge on any atom is -0.328 e. The molecule has 2 unspecified atom stereocenters. The van der Waals surface area contributed by atoms with Gasteiger partial charge < -0.3 is 27.9 Å². The standard InChI is InChI=1S/C24H51O3P.C16H35O3P/c1-3-5-7-9-11-13-15-17-19-21-23-26-28(25)27-24-22-20-18-16-14-12-10-8-6-4-2;1-5-9-11-15(7-3)13-18-20(17)19-14-16(8-4)12-10-6-2/h25H,3-24H2,1-2H3;15-17H,5-14H2,1-4H3. The van der Waals surface area contributed by atoms with Crippen LogP contribution < -0.4 is 0 Å². The number of hydrogen-bond acceptors (Lipinski definition) is 6. The van der Waals surface area contributed by atoms with Crippen LogP contribution in [0.2, 0.25) is 0 Å². The van der Waals surface area contributed by atoms with E-state index in [1.165, 1.54) is 154 Å².